The summed E-state index contributed by atoms with van der Waals surface area (Å²) in [5.41, 5.74) is 5.59. The molecule has 1 aromatic heterocycles. The molecule has 7 nitrogen and oxygen atoms in total. The Morgan fingerprint density at radius 2 is 1.41 bits per heavy atom. The van der Waals surface area contributed by atoms with Crippen molar-refractivity contribution >= 4 is 23.7 Å². The lowest BCUT2D eigenvalue weighted by atomic mass is 9.77. The Hall–Kier alpha value is -1.88. The van der Waals surface area contributed by atoms with E-state index in [1.165, 1.54) is 0 Å². The van der Waals surface area contributed by atoms with Gasteiger partial charge in [-0.15, -0.1) is 0 Å². The first-order valence-corrected chi connectivity index (χ1v) is 14.9. The molecule has 0 amide bonds. The van der Waals surface area contributed by atoms with Gasteiger partial charge in [-0.3, -0.25) is 4.90 Å². The zero-order valence-electron chi connectivity index (χ0n) is 26.4. The van der Waals surface area contributed by atoms with Crippen LogP contribution >= 0.6 is 11.8 Å². The normalized spacial score (nSPS) is 23.1. The zero-order valence-corrected chi connectivity index (χ0v) is 27.2. The molecule has 0 aliphatic carbocycles. The van der Waals surface area contributed by atoms with Crippen LogP contribution in [0, 0.1) is 6.92 Å². The third-order valence-corrected chi connectivity index (χ3v) is 9.84. The molecule has 39 heavy (non-hydrogen) atoms. The van der Waals surface area contributed by atoms with E-state index in [0.29, 0.717) is 12.0 Å². The molecule has 0 bridgehead atoms. The first kappa shape index (κ1) is 31.6. The number of aryl methyl sites for hydroxylation is 1. The second-order valence-corrected chi connectivity index (χ2v) is 14.4. The average Bonchev–Trinajstić information content (AvgIpc) is 2.80. The van der Waals surface area contributed by atoms with Crippen LogP contribution in [-0.4, -0.2) is 72.1 Å². The predicted molar refractivity (Wildman–Crippen MR) is 164 cm³/mol. The third kappa shape index (κ3) is 6.89. The van der Waals surface area contributed by atoms with Crippen LogP contribution in [0.15, 0.2) is 24.2 Å². The van der Waals surface area contributed by atoms with E-state index in [1.54, 1.807) is 0 Å². The van der Waals surface area contributed by atoms with E-state index in [2.05, 4.69) is 102 Å². The van der Waals surface area contributed by atoms with E-state index in [4.69, 9.17) is 26.7 Å². The first-order valence-electron chi connectivity index (χ1n) is 14.5. The summed E-state index contributed by atoms with van der Waals surface area (Å²) in [5.74, 6) is 2.13. The maximum absolute atomic E-state index is 6.82. The number of rotatable bonds is 8. The number of unbranched alkanes of at least 4 members (excludes halogenated alkanes) is 1. The van der Waals surface area contributed by atoms with Crippen molar-refractivity contribution in [1.29, 1.82) is 0 Å². The fourth-order valence-corrected chi connectivity index (χ4v) is 6.99. The summed E-state index contributed by atoms with van der Waals surface area (Å²) < 4.78 is 1.97. The lowest BCUT2D eigenvalue weighted by Gasteiger charge is -2.55. The van der Waals surface area contributed by atoms with Gasteiger partial charge in [-0.2, -0.15) is 15.0 Å². The van der Waals surface area contributed by atoms with Gasteiger partial charge in [-0.25, -0.2) is 4.42 Å². The maximum Gasteiger partial charge on any atom is 0.235 e. The largest absolute Gasteiger partial charge is 0.338 e. The van der Waals surface area contributed by atoms with E-state index in [1.807, 2.05) is 17.5 Å². The SMILES string of the molecule is C=C=C=CN(c1nc(C)nc(N(CCCC)C2CC(C)(C)N(C)C(C)(C)C2)n1)C1CC(C)(C)N(Cl)C(C)(C)C1. The van der Waals surface area contributed by atoms with Gasteiger partial charge < -0.3 is 9.80 Å². The van der Waals surface area contributed by atoms with Gasteiger partial charge in [0, 0.05) is 40.8 Å². The van der Waals surface area contributed by atoms with Crippen molar-refractivity contribution < 1.29 is 0 Å². The minimum atomic E-state index is -0.207. The van der Waals surface area contributed by atoms with Gasteiger partial charge in [-0.05, 0) is 120 Å². The van der Waals surface area contributed by atoms with Crippen molar-refractivity contribution in [3.63, 3.8) is 0 Å². The molecule has 3 heterocycles. The van der Waals surface area contributed by atoms with Crippen LogP contribution in [0.2, 0.25) is 0 Å². The van der Waals surface area contributed by atoms with Crippen LogP contribution in [-0.2, 0) is 0 Å². The lowest BCUT2D eigenvalue weighted by molar-refractivity contribution is -0.0129. The predicted octanol–water partition coefficient (Wildman–Crippen LogP) is 6.87. The molecule has 2 saturated heterocycles. The fourth-order valence-electron chi connectivity index (χ4n) is 6.85. The van der Waals surface area contributed by atoms with Crippen molar-refractivity contribution in [3.05, 3.63) is 30.1 Å². The van der Waals surface area contributed by atoms with Crippen LogP contribution < -0.4 is 9.80 Å². The zero-order chi connectivity index (χ0) is 29.4. The average molecular weight is 558 g/mol. The lowest BCUT2D eigenvalue weighted by Crippen LogP contribution is -2.63. The van der Waals surface area contributed by atoms with Crippen LogP contribution in [0.4, 0.5) is 11.9 Å². The molecule has 2 aliphatic heterocycles. The second kappa shape index (κ2) is 11.5. The molecule has 1 aromatic rings. The molecule has 0 saturated carbocycles. The molecular weight excluding hydrogens is 506 g/mol. The number of anilines is 2. The van der Waals surface area contributed by atoms with Gasteiger partial charge in [0.05, 0.1) is 6.20 Å². The van der Waals surface area contributed by atoms with Gasteiger partial charge >= 0.3 is 0 Å². The number of nitrogens with zero attached hydrogens (tertiary/aromatic N) is 7. The number of likely N-dealkylation sites (tertiary alicyclic amines) is 1. The highest BCUT2D eigenvalue weighted by atomic mass is 35.5. The molecule has 0 unspecified atom stereocenters. The molecule has 0 radical (unpaired) electrons. The summed E-state index contributed by atoms with van der Waals surface area (Å²) in [4.78, 5) is 22.1. The summed E-state index contributed by atoms with van der Waals surface area (Å²) in [6.07, 6.45) is 7.91. The van der Waals surface area contributed by atoms with Crippen LogP contribution in [0.1, 0.15) is 107 Å². The van der Waals surface area contributed by atoms with Crippen molar-refractivity contribution in [2.45, 2.75) is 142 Å². The minimum Gasteiger partial charge on any atom is -0.338 e. The van der Waals surface area contributed by atoms with Crippen LogP contribution in [0.3, 0.4) is 0 Å². The van der Waals surface area contributed by atoms with E-state index in [0.717, 1.165) is 56.8 Å². The molecule has 0 aromatic carbocycles. The van der Waals surface area contributed by atoms with Gasteiger partial charge in [-0.1, -0.05) is 24.8 Å². The molecule has 0 atom stereocenters. The van der Waals surface area contributed by atoms with E-state index >= 15 is 0 Å². The Kier molecular flexibility index (Phi) is 9.37. The molecule has 2 fully saturated rings. The standard InChI is InChI=1S/C31H52ClN7/c1-13-15-17-37(24-19-28(4,5)36(12)29(6,7)20-24)26-33-23(3)34-27(35-26)38(18-16-14-2)25-21-30(8,9)39(32)31(10,11)22-25/h18,24-25H,2,13,15,17,19-22H2,1,3-12H3. The maximum atomic E-state index is 6.82. The second-order valence-electron chi connectivity index (χ2n) is 14.1. The number of piperidine rings is 2. The Bertz CT molecular complexity index is 1060. The van der Waals surface area contributed by atoms with Crippen molar-refractivity contribution in [3.8, 4) is 0 Å². The Morgan fingerprint density at radius 3 is 1.92 bits per heavy atom. The van der Waals surface area contributed by atoms with Gasteiger partial charge in [0.25, 0.3) is 0 Å². The number of hydrogen-bond donors (Lipinski definition) is 0. The highest BCUT2D eigenvalue weighted by Gasteiger charge is 2.47. The summed E-state index contributed by atoms with van der Waals surface area (Å²) in [7, 11) is 2.25. The minimum absolute atomic E-state index is 0.0675. The van der Waals surface area contributed by atoms with Gasteiger partial charge in [0.2, 0.25) is 11.9 Å². The summed E-state index contributed by atoms with van der Waals surface area (Å²) in [5, 5.41) is 0. The van der Waals surface area contributed by atoms with E-state index < -0.39 is 0 Å². The number of aromatic nitrogens is 3. The highest BCUT2D eigenvalue weighted by Crippen LogP contribution is 2.43. The Morgan fingerprint density at radius 1 is 0.897 bits per heavy atom. The van der Waals surface area contributed by atoms with Crippen LogP contribution in [0.25, 0.3) is 0 Å². The van der Waals surface area contributed by atoms with Crippen molar-refractivity contribution in [2.75, 3.05) is 23.4 Å². The van der Waals surface area contributed by atoms with Gasteiger partial charge in [0.15, 0.2) is 0 Å². The summed E-state index contributed by atoms with van der Waals surface area (Å²) >= 11 is 6.82. The van der Waals surface area contributed by atoms with E-state index in [9.17, 15) is 0 Å². The Labute approximate surface area is 243 Å². The van der Waals surface area contributed by atoms with Crippen molar-refractivity contribution in [2.24, 2.45) is 0 Å². The molecule has 0 spiro atoms. The molecule has 8 heteroatoms. The molecule has 218 valence electrons. The molecule has 2 aliphatic rings. The smallest absolute Gasteiger partial charge is 0.235 e. The van der Waals surface area contributed by atoms with E-state index in [-0.39, 0.29) is 28.2 Å². The molecule has 3 rings (SSSR count). The topological polar surface area (TPSA) is 51.6 Å². The third-order valence-electron chi connectivity index (χ3n) is 8.92. The monoisotopic (exact) mass is 557 g/mol. The Balaban J connectivity index is 2.09. The number of hydrogen-bond acceptors (Lipinski definition) is 7. The summed E-state index contributed by atoms with van der Waals surface area (Å²) in [6, 6.07) is 0.465. The summed E-state index contributed by atoms with van der Waals surface area (Å²) in [6.45, 7) is 27.1. The molecular formula is C31H52ClN7. The molecule has 0 N–H and O–H groups in total. The highest BCUT2D eigenvalue weighted by molar-refractivity contribution is 6.14. The van der Waals surface area contributed by atoms with Gasteiger partial charge in [0.1, 0.15) is 5.82 Å². The fraction of sp³-hybridized carbons (Fsp3) is 0.774. The van der Waals surface area contributed by atoms with Crippen molar-refractivity contribution in [1.82, 2.24) is 24.3 Å². The quantitative estimate of drug-likeness (QED) is 0.255. The van der Waals surface area contributed by atoms with Crippen LogP contribution in [0.5, 0.6) is 0 Å². The number of halogens is 1. The first-order chi connectivity index (χ1) is 17.9.